The predicted molar refractivity (Wildman–Crippen MR) is 103 cm³/mol. The zero-order valence-corrected chi connectivity index (χ0v) is 16.4. The lowest BCUT2D eigenvalue weighted by Gasteiger charge is -2.36. The molecule has 124 valence electrons. The second kappa shape index (κ2) is 8.93. The number of guanidine groups is 1. The summed E-state index contributed by atoms with van der Waals surface area (Å²) in [6.07, 6.45) is 0. The molecular weight excluding hydrogens is 413 g/mol. The van der Waals surface area contributed by atoms with E-state index in [1.165, 1.54) is 5.56 Å². The van der Waals surface area contributed by atoms with Crippen LogP contribution in [0.2, 0.25) is 5.02 Å². The zero-order chi connectivity index (χ0) is 15.3. The van der Waals surface area contributed by atoms with E-state index in [0.717, 1.165) is 37.3 Å². The van der Waals surface area contributed by atoms with Gasteiger partial charge in [-0.15, -0.1) is 24.0 Å². The van der Waals surface area contributed by atoms with Crippen LogP contribution < -0.4 is 10.6 Å². The Morgan fingerprint density at radius 3 is 2.50 bits per heavy atom. The lowest BCUT2D eigenvalue weighted by molar-refractivity contribution is -0.0945. The van der Waals surface area contributed by atoms with Crippen molar-refractivity contribution in [3.05, 3.63) is 34.9 Å². The Labute approximate surface area is 155 Å². The normalized spacial score (nSPS) is 17.9. The standard InChI is InChI=1S/C16H24ClN3O.HI/c1-4-18-15(19-9-16(3)10-21-11-16)20-12(2)13-5-7-14(17)8-6-13;/h5-8,12H,4,9-11H2,1-3H3,(H2,18,19,20);1H. The number of aliphatic imine (C=N–C) groups is 1. The van der Waals surface area contributed by atoms with Crippen molar-refractivity contribution >= 4 is 41.5 Å². The third-order valence-electron chi connectivity index (χ3n) is 3.59. The highest BCUT2D eigenvalue weighted by Crippen LogP contribution is 2.26. The minimum Gasteiger partial charge on any atom is -0.380 e. The van der Waals surface area contributed by atoms with E-state index >= 15 is 0 Å². The van der Waals surface area contributed by atoms with Crippen LogP contribution >= 0.6 is 35.6 Å². The maximum atomic E-state index is 5.93. The van der Waals surface area contributed by atoms with Crippen LogP contribution in [0.25, 0.3) is 0 Å². The average molecular weight is 438 g/mol. The van der Waals surface area contributed by atoms with Gasteiger partial charge in [-0.3, -0.25) is 4.99 Å². The molecule has 6 heteroatoms. The number of hydrogen-bond acceptors (Lipinski definition) is 2. The molecule has 0 saturated carbocycles. The average Bonchev–Trinajstić information content (AvgIpc) is 2.43. The van der Waals surface area contributed by atoms with Gasteiger partial charge in [-0.2, -0.15) is 0 Å². The number of benzene rings is 1. The fraction of sp³-hybridized carbons (Fsp3) is 0.562. The van der Waals surface area contributed by atoms with E-state index < -0.39 is 0 Å². The van der Waals surface area contributed by atoms with Crippen LogP contribution in [0.15, 0.2) is 29.3 Å². The lowest BCUT2D eigenvalue weighted by Crippen LogP contribution is -2.44. The summed E-state index contributed by atoms with van der Waals surface area (Å²) in [6.45, 7) is 9.59. The summed E-state index contributed by atoms with van der Waals surface area (Å²) < 4.78 is 5.27. The number of rotatable bonds is 5. The van der Waals surface area contributed by atoms with Crippen LogP contribution in [-0.4, -0.2) is 32.3 Å². The van der Waals surface area contributed by atoms with Crippen molar-refractivity contribution in [3.8, 4) is 0 Å². The first-order valence-corrected chi connectivity index (χ1v) is 7.78. The van der Waals surface area contributed by atoms with Crippen molar-refractivity contribution in [2.45, 2.75) is 26.8 Å². The lowest BCUT2D eigenvalue weighted by atomic mass is 9.89. The molecule has 0 amide bonds. The molecule has 0 aliphatic carbocycles. The maximum Gasteiger partial charge on any atom is 0.191 e. The molecule has 1 aromatic carbocycles. The summed E-state index contributed by atoms with van der Waals surface area (Å²) in [5.41, 5.74) is 1.37. The van der Waals surface area contributed by atoms with Gasteiger partial charge >= 0.3 is 0 Å². The number of nitrogens with one attached hydrogen (secondary N) is 2. The van der Waals surface area contributed by atoms with Gasteiger partial charge in [0.25, 0.3) is 0 Å². The summed E-state index contributed by atoms with van der Waals surface area (Å²) in [5, 5.41) is 7.47. The summed E-state index contributed by atoms with van der Waals surface area (Å²) >= 11 is 5.93. The maximum absolute atomic E-state index is 5.93. The largest absolute Gasteiger partial charge is 0.380 e. The highest BCUT2D eigenvalue weighted by atomic mass is 127. The molecule has 1 aliphatic rings. The van der Waals surface area contributed by atoms with Crippen LogP contribution in [0.1, 0.15) is 32.4 Å². The molecule has 1 fully saturated rings. The van der Waals surface area contributed by atoms with Crippen molar-refractivity contribution < 1.29 is 4.74 Å². The first-order valence-electron chi connectivity index (χ1n) is 7.40. The summed E-state index contributed by atoms with van der Waals surface area (Å²) in [7, 11) is 0. The van der Waals surface area contributed by atoms with Crippen molar-refractivity contribution in [2.75, 3.05) is 26.3 Å². The minimum absolute atomic E-state index is 0. The first-order chi connectivity index (χ1) is 10.0. The SMILES string of the molecule is CCNC(=NCC1(C)COC1)NC(C)c1ccc(Cl)cc1.I. The van der Waals surface area contributed by atoms with Gasteiger partial charge < -0.3 is 15.4 Å². The molecule has 22 heavy (non-hydrogen) atoms. The molecule has 4 nitrogen and oxygen atoms in total. The quantitative estimate of drug-likeness (QED) is 0.420. The van der Waals surface area contributed by atoms with Gasteiger partial charge in [0.2, 0.25) is 0 Å². The Balaban J connectivity index is 0.00000242. The van der Waals surface area contributed by atoms with Crippen molar-refractivity contribution in [2.24, 2.45) is 10.4 Å². The Morgan fingerprint density at radius 1 is 1.36 bits per heavy atom. The highest BCUT2D eigenvalue weighted by molar-refractivity contribution is 14.0. The van der Waals surface area contributed by atoms with Gasteiger partial charge in [-0.25, -0.2) is 0 Å². The summed E-state index contributed by atoms with van der Waals surface area (Å²) in [6, 6.07) is 8.05. The van der Waals surface area contributed by atoms with Crippen molar-refractivity contribution in [3.63, 3.8) is 0 Å². The number of halogens is 2. The topological polar surface area (TPSA) is 45.7 Å². The van der Waals surface area contributed by atoms with Crippen LogP contribution in [0, 0.1) is 5.41 Å². The number of hydrogen-bond donors (Lipinski definition) is 2. The van der Waals surface area contributed by atoms with E-state index in [-0.39, 0.29) is 35.4 Å². The summed E-state index contributed by atoms with van der Waals surface area (Å²) in [4.78, 5) is 4.68. The zero-order valence-electron chi connectivity index (χ0n) is 13.4. The van der Waals surface area contributed by atoms with Crippen molar-refractivity contribution in [1.82, 2.24) is 10.6 Å². The molecule has 0 aromatic heterocycles. The Morgan fingerprint density at radius 2 is 2.00 bits per heavy atom. The van der Waals surface area contributed by atoms with Gasteiger partial charge in [0.15, 0.2) is 5.96 Å². The van der Waals surface area contributed by atoms with Gasteiger partial charge in [-0.1, -0.05) is 30.7 Å². The minimum atomic E-state index is 0. The molecular formula is C16H25ClIN3O. The van der Waals surface area contributed by atoms with Gasteiger partial charge in [0.05, 0.1) is 25.8 Å². The van der Waals surface area contributed by atoms with E-state index in [2.05, 4.69) is 36.4 Å². The molecule has 0 spiro atoms. The molecule has 1 atom stereocenters. The Hall–Kier alpha value is -0.530. The molecule has 1 saturated heterocycles. The second-order valence-corrected chi connectivity index (χ2v) is 6.35. The predicted octanol–water partition coefficient (Wildman–Crippen LogP) is 3.61. The fourth-order valence-corrected chi connectivity index (χ4v) is 2.30. The van der Waals surface area contributed by atoms with E-state index in [9.17, 15) is 0 Å². The molecule has 2 N–H and O–H groups in total. The van der Waals surface area contributed by atoms with E-state index in [0.29, 0.717) is 0 Å². The van der Waals surface area contributed by atoms with Crippen molar-refractivity contribution in [1.29, 1.82) is 0 Å². The third-order valence-corrected chi connectivity index (χ3v) is 3.84. The van der Waals surface area contributed by atoms with E-state index in [1.807, 2.05) is 24.3 Å². The fourth-order valence-electron chi connectivity index (χ4n) is 2.17. The van der Waals surface area contributed by atoms with E-state index in [1.54, 1.807) is 0 Å². The molecule has 0 radical (unpaired) electrons. The van der Waals surface area contributed by atoms with Gasteiger partial charge in [0, 0.05) is 17.0 Å². The monoisotopic (exact) mass is 437 g/mol. The molecule has 1 aliphatic heterocycles. The Bertz CT molecular complexity index is 489. The molecule has 0 bridgehead atoms. The smallest absolute Gasteiger partial charge is 0.191 e. The second-order valence-electron chi connectivity index (χ2n) is 5.92. The molecule has 1 aromatic rings. The van der Waals surface area contributed by atoms with Gasteiger partial charge in [0.1, 0.15) is 0 Å². The first kappa shape index (κ1) is 19.5. The number of nitrogens with zero attached hydrogens (tertiary/aromatic N) is 1. The summed E-state index contributed by atoms with van der Waals surface area (Å²) in [5.74, 6) is 0.841. The number of ether oxygens (including phenoxy) is 1. The highest BCUT2D eigenvalue weighted by Gasteiger charge is 2.33. The third kappa shape index (κ3) is 5.59. The Kier molecular flexibility index (Phi) is 7.93. The molecule has 1 unspecified atom stereocenters. The van der Waals surface area contributed by atoms with E-state index in [4.69, 9.17) is 16.3 Å². The van der Waals surface area contributed by atoms with Gasteiger partial charge in [-0.05, 0) is 31.5 Å². The van der Waals surface area contributed by atoms with Crippen LogP contribution in [0.4, 0.5) is 0 Å². The van der Waals surface area contributed by atoms with Crippen LogP contribution in [-0.2, 0) is 4.74 Å². The molecule has 2 rings (SSSR count). The van der Waals surface area contributed by atoms with Crippen LogP contribution in [0.3, 0.4) is 0 Å². The van der Waals surface area contributed by atoms with Crippen LogP contribution in [0.5, 0.6) is 0 Å². The molecule has 1 heterocycles.